The number of rotatable bonds is 9. The molecule has 0 aromatic heterocycles. The van der Waals surface area contributed by atoms with Gasteiger partial charge in [0.2, 0.25) is 21.8 Å². The first kappa shape index (κ1) is 25.3. The van der Waals surface area contributed by atoms with Crippen molar-refractivity contribution < 1.29 is 18.0 Å². The summed E-state index contributed by atoms with van der Waals surface area (Å²) in [5.41, 5.74) is 0.807. The van der Waals surface area contributed by atoms with Crippen LogP contribution in [0.25, 0.3) is 0 Å². The van der Waals surface area contributed by atoms with Crippen LogP contribution in [0.15, 0.2) is 57.9 Å². The standard InChI is InChI=1S/C21H25BrClN3O4S/c1-4-24-21(28)15(2)26(13-16-6-5-7-17(22)12-16)20(27)14-25(3)31(29,30)19-10-8-18(23)9-11-19/h5-12,15H,4,13-14H2,1-3H3,(H,24,28)/t15-/m0/s1. The number of nitrogens with zero attached hydrogens (tertiary/aromatic N) is 2. The lowest BCUT2D eigenvalue weighted by Crippen LogP contribution is -2.50. The molecule has 168 valence electrons. The quantitative estimate of drug-likeness (QED) is 0.539. The molecule has 0 spiro atoms. The summed E-state index contributed by atoms with van der Waals surface area (Å²) in [6.45, 7) is 3.58. The number of benzene rings is 2. The lowest BCUT2D eigenvalue weighted by molar-refractivity contribution is -0.140. The van der Waals surface area contributed by atoms with E-state index >= 15 is 0 Å². The summed E-state index contributed by atoms with van der Waals surface area (Å²) in [5, 5.41) is 3.12. The van der Waals surface area contributed by atoms with Gasteiger partial charge in [-0.2, -0.15) is 4.31 Å². The molecule has 0 saturated heterocycles. The van der Waals surface area contributed by atoms with Crippen molar-refractivity contribution in [1.29, 1.82) is 0 Å². The molecule has 1 N–H and O–H groups in total. The smallest absolute Gasteiger partial charge is 0.243 e. The van der Waals surface area contributed by atoms with E-state index in [0.29, 0.717) is 11.6 Å². The molecule has 10 heteroatoms. The largest absolute Gasteiger partial charge is 0.355 e. The molecule has 0 radical (unpaired) electrons. The lowest BCUT2D eigenvalue weighted by atomic mass is 10.1. The van der Waals surface area contributed by atoms with Gasteiger partial charge >= 0.3 is 0 Å². The summed E-state index contributed by atoms with van der Waals surface area (Å²) in [4.78, 5) is 27.0. The maximum absolute atomic E-state index is 13.1. The highest BCUT2D eigenvalue weighted by molar-refractivity contribution is 9.10. The molecular weight excluding hydrogens is 506 g/mol. The molecule has 2 rings (SSSR count). The predicted molar refractivity (Wildman–Crippen MR) is 124 cm³/mol. The molecule has 0 aliphatic carbocycles. The summed E-state index contributed by atoms with van der Waals surface area (Å²) >= 11 is 9.23. The maximum Gasteiger partial charge on any atom is 0.243 e. The Kier molecular flexibility index (Phi) is 9.05. The van der Waals surface area contributed by atoms with Gasteiger partial charge < -0.3 is 10.2 Å². The second kappa shape index (κ2) is 11.1. The van der Waals surface area contributed by atoms with E-state index in [2.05, 4.69) is 21.2 Å². The molecule has 1 atom stereocenters. The van der Waals surface area contributed by atoms with Crippen LogP contribution in [0.2, 0.25) is 5.02 Å². The van der Waals surface area contributed by atoms with Crippen molar-refractivity contribution in [2.75, 3.05) is 20.1 Å². The zero-order chi connectivity index (χ0) is 23.2. The van der Waals surface area contributed by atoms with Crippen LogP contribution in [0.5, 0.6) is 0 Å². The van der Waals surface area contributed by atoms with E-state index in [0.717, 1.165) is 14.3 Å². The topological polar surface area (TPSA) is 86.8 Å². The van der Waals surface area contributed by atoms with Crippen LogP contribution in [0.4, 0.5) is 0 Å². The Morgan fingerprint density at radius 3 is 2.39 bits per heavy atom. The number of hydrogen-bond acceptors (Lipinski definition) is 4. The highest BCUT2D eigenvalue weighted by Crippen LogP contribution is 2.19. The van der Waals surface area contributed by atoms with E-state index in [1.54, 1.807) is 13.8 Å². The van der Waals surface area contributed by atoms with Crippen molar-refractivity contribution in [1.82, 2.24) is 14.5 Å². The number of likely N-dealkylation sites (N-methyl/N-ethyl adjacent to an activating group) is 2. The first-order chi connectivity index (χ1) is 14.6. The third-order valence-electron chi connectivity index (χ3n) is 4.64. The SMILES string of the molecule is CCNC(=O)[C@H](C)N(Cc1cccc(Br)c1)C(=O)CN(C)S(=O)(=O)c1ccc(Cl)cc1. The summed E-state index contributed by atoms with van der Waals surface area (Å²) in [6, 6.07) is 12.3. The van der Waals surface area contributed by atoms with Gasteiger partial charge in [-0.05, 0) is 55.8 Å². The number of amides is 2. The molecule has 2 amide bonds. The Morgan fingerprint density at radius 1 is 1.16 bits per heavy atom. The minimum Gasteiger partial charge on any atom is -0.355 e. The van der Waals surface area contributed by atoms with Gasteiger partial charge in [0.15, 0.2) is 0 Å². The monoisotopic (exact) mass is 529 g/mol. The van der Waals surface area contributed by atoms with Gasteiger partial charge in [0, 0.05) is 29.6 Å². The zero-order valence-electron chi connectivity index (χ0n) is 17.5. The molecule has 0 fully saturated rings. The predicted octanol–water partition coefficient (Wildman–Crippen LogP) is 3.28. The Balaban J connectivity index is 2.26. The lowest BCUT2D eigenvalue weighted by Gasteiger charge is -2.30. The van der Waals surface area contributed by atoms with Crippen LogP contribution in [-0.4, -0.2) is 55.6 Å². The van der Waals surface area contributed by atoms with Gasteiger partial charge in [-0.15, -0.1) is 0 Å². The minimum atomic E-state index is -3.90. The fourth-order valence-electron chi connectivity index (χ4n) is 2.89. The summed E-state index contributed by atoms with van der Waals surface area (Å²) in [7, 11) is -2.57. The second-order valence-electron chi connectivity index (χ2n) is 6.94. The summed E-state index contributed by atoms with van der Waals surface area (Å²) < 4.78 is 27.5. The molecule has 0 aliphatic rings. The number of sulfonamides is 1. The van der Waals surface area contributed by atoms with Crippen molar-refractivity contribution >= 4 is 49.4 Å². The number of nitrogens with one attached hydrogen (secondary N) is 1. The fraction of sp³-hybridized carbons (Fsp3) is 0.333. The van der Waals surface area contributed by atoms with Crippen LogP contribution >= 0.6 is 27.5 Å². The second-order valence-corrected chi connectivity index (χ2v) is 10.3. The third kappa shape index (κ3) is 6.77. The Hall–Kier alpha value is -1.94. The van der Waals surface area contributed by atoms with E-state index in [1.807, 2.05) is 24.3 Å². The van der Waals surface area contributed by atoms with E-state index in [1.165, 1.54) is 36.2 Å². The molecule has 2 aromatic rings. The molecule has 0 saturated carbocycles. The molecule has 0 unspecified atom stereocenters. The molecule has 31 heavy (non-hydrogen) atoms. The van der Waals surface area contributed by atoms with Crippen LogP contribution < -0.4 is 5.32 Å². The Labute approximate surface area is 196 Å². The minimum absolute atomic E-state index is 0.0301. The summed E-state index contributed by atoms with van der Waals surface area (Å²) in [5.74, 6) is -0.798. The molecule has 0 bridgehead atoms. The Morgan fingerprint density at radius 2 is 1.81 bits per heavy atom. The van der Waals surface area contributed by atoms with Gasteiger partial charge in [0.25, 0.3) is 0 Å². The molecule has 2 aromatic carbocycles. The Bertz CT molecular complexity index is 1030. The van der Waals surface area contributed by atoms with E-state index in [9.17, 15) is 18.0 Å². The summed E-state index contributed by atoms with van der Waals surface area (Å²) in [6.07, 6.45) is 0. The fourth-order valence-corrected chi connectivity index (χ4v) is 4.58. The van der Waals surface area contributed by atoms with E-state index < -0.39 is 28.5 Å². The van der Waals surface area contributed by atoms with E-state index in [-0.39, 0.29) is 17.3 Å². The van der Waals surface area contributed by atoms with Crippen molar-refractivity contribution in [3.63, 3.8) is 0 Å². The first-order valence-electron chi connectivity index (χ1n) is 9.59. The molecule has 7 nitrogen and oxygen atoms in total. The van der Waals surface area contributed by atoms with Crippen molar-refractivity contribution in [3.8, 4) is 0 Å². The number of carbonyl (C=O) groups is 2. The molecule has 0 aliphatic heterocycles. The highest BCUT2D eigenvalue weighted by atomic mass is 79.9. The van der Waals surface area contributed by atoms with Gasteiger partial charge in [-0.3, -0.25) is 9.59 Å². The van der Waals surface area contributed by atoms with Gasteiger partial charge in [-0.1, -0.05) is 39.7 Å². The van der Waals surface area contributed by atoms with Gasteiger partial charge in [0.05, 0.1) is 11.4 Å². The average molecular weight is 531 g/mol. The number of hydrogen-bond donors (Lipinski definition) is 1. The number of halogens is 2. The van der Waals surface area contributed by atoms with Crippen molar-refractivity contribution in [2.24, 2.45) is 0 Å². The van der Waals surface area contributed by atoms with Crippen LogP contribution in [0.3, 0.4) is 0 Å². The van der Waals surface area contributed by atoms with Gasteiger partial charge in [0.1, 0.15) is 6.04 Å². The maximum atomic E-state index is 13.1. The third-order valence-corrected chi connectivity index (χ3v) is 7.20. The van der Waals surface area contributed by atoms with Crippen molar-refractivity contribution in [3.05, 3.63) is 63.6 Å². The highest BCUT2D eigenvalue weighted by Gasteiger charge is 2.30. The molecule has 0 heterocycles. The first-order valence-corrected chi connectivity index (χ1v) is 12.2. The van der Waals surface area contributed by atoms with Crippen molar-refractivity contribution in [2.45, 2.75) is 31.3 Å². The van der Waals surface area contributed by atoms with Gasteiger partial charge in [-0.25, -0.2) is 8.42 Å². The van der Waals surface area contributed by atoms with Crippen LogP contribution in [-0.2, 0) is 26.2 Å². The van der Waals surface area contributed by atoms with Crippen LogP contribution in [0.1, 0.15) is 19.4 Å². The average Bonchev–Trinajstić information content (AvgIpc) is 2.72. The van der Waals surface area contributed by atoms with Crippen LogP contribution in [0, 0.1) is 0 Å². The zero-order valence-corrected chi connectivity index (χ0v) is 20.7. The van der Waals surface area contributed by atoms with E-state index in [4.69, 9.17) is 11.6 Å². The normalized spacial score (nSPS) is 12.5. The number of carbonyl (C=O) groups excluding carboxylic acids is 2. The molecular formula is C21H25BrClN3O4S.